The first-order chi connectivity index (χ1) is 9.58. The third-order valence-electron chi connectivity index (χ3n) is 3.70. The van der Waals surface area contributed by atoms with Gasteiger partial charge >= 0.3 is 0 Å². The summed E-state index contributed by atoms with van der Waals surface area (Å²) in [4.78, 5) is 19.7. The van der Waals surface area contributed by atoms with Crippen molar-refractivity contribution in [1.29, 1.82) is 0 Å². The molecule has 1 aliphatic rings. The predicted molar refractivity (Wildman–Crippen MR) is 84.5 cm³/mol. The van der Waals surface area contributed by atoms with Crippen molar-refractivity contribution in [3.05, 3.63) is 10.6 Å². The highest BCUT2D eigenvalue weighted by Crippen LogP contribution is 2.26. The van der Waals surface area contributed by atoms with Crippen LogP contribution in [0.4, 0.5) is 5.13 Å². The number of halogens is 1. The highest BCUT2D eigenvalue weighted by Gasteiger charge is 2.18. The van der Waals surface area contributed by atoms with Crippen molar-refractivity contribution in [2.24, 2.45) is 5.92 Å². The molecule has 1 aliphatic heterocycles. The van der Waals surface area contributed by atoms with Gasteiger partial charge in [-0.25, -0.2) is 4.98 Å². The largest absolute Gasteiger partial charge is 0.302 e. The van der Waals surface area contributed by atoms with Crippen molar-refractivity contribution >= 4 is 34.0 Å². The molecule has 0 aromatic carbocycles. The van der Waals surface area contributed by atoms with Crippen LogP contribution in [-0.2, 0) is 11.3 Å². The van der Waals surface area contributed by atoms with Crippen LogP contribution in [0, 0.1) is 12.8 Å². The van der Waals surface area contributed by atoms with Gasteiger partial charge in [0.1, 0.15) is 0 Å². The lowest BCUT2D eigenvalue weighted by atomic mass is 9.99. The Bertz CT molecular complexity index is 455. The Morgan fingerprint density at radius 1 is 1.50 bits per heavy atom. The second kappa shape index (κ2) is 7.38. The summed E-state index contributed by atoms with van der Waals surface area (Å²) in [6, 6.07) is 0. The van der Waals surface area contributed by atoms with Gasteiger partial charge in [0, 0.05) is 23.7 Å². The molecule has 1 saturated heterocycles. The zero-order chi connectivity index (χ0) is 14.5. The minimum absolute atomic E-state index is 0.0629. The van der Waals surface area contributed by atoms with Crippen LogP contribution in [0.1, 0.15) is 36.8 Å². The average Bonchev–Trinajstić information content (AvgIpc) is 2.72. The maximum atomic E-state index is 11.5. The van der Waals surface area contributed by atoms with E-state index in [9.17, 15) is 4.79 Å². The maximum absolute atomic E-state index is 11.5. The summed E-state index contributed by atoms with van der Waals surface area (Å²) in [5.74, 6) is 1.13. The molecule has 0 atom stereocenters. The molecule has 1 fully saturated rings. The number of likely N-dealkylation sites (tertiary alicyclic amines) is 1. The maximum Gasteiger partial charge on any atom is 0.227 e. The SMILES string of the molecule is Cc1nc(NC(=O)CCCl)sc1CN1CCC(C)CC1. The van der Waals surface area contributed by atoms with Crippen molar-refractivity contribution in [2.75, 3.05) is 24.3 Å². The van der Waals surface area contributed by atoms with Gasteiger partial charge in [0.25, 0.3) is 0 Å². The molecule has 1 amide bonds. The van der Waals surface area contributed by atoms with Crippen LogP contribution in [-0.4, -0.2) is 34.8 Å². The molecule has 0 radical (unpaired) electrons. The monoisotopic (exact) mass is 315 g/mol. The van der Waals surface area contributed by atoms with E-state index < -0.39 is 0 Å². The van der Waals surface area contributed by atoms with Crippen LogP contribution in [0.5, 0.6) is 0 Å². The molecule has 0 unspecified atom stereocenters. The van der Waals surface area contributed by atoms with E-state index in [0.717, 1.165) is 31.2 Å². The number of piperidine rings is 1. The van der Waals surface area contributed by atoms with Gasteiger partial charge in [-0.2, -0.15) is 0 Å². The average molecular weight is 316 g/mol. The second-order valence-electron chi connectivity index (χ2n) is 5.47. The molecule has 6 heteroatoms. The van der Waals surface area contributed by atoms with Crippen molar-refractivity contribution in [1.82, 2.24) is 9.88 Å². The number of aryl methyl sites for hydroxylation is 1. The number of carbonyl (C=O) groups is 1. The van der Waals surface area contributed by atoms with E-state index in [4.69, 9.17) is 11.6 Å². The van der Waals surface area contributed by atoms with Crippen LogP contribution in [0.2, 0.25) is 0 Å². The number of rotatable bonds is 5. The van der Waals surface area contributed by atoms with E-state index >= 15 is 0 Å². The summed E-state index contributed by atoms with van der Waals surface area (Å²) in [6.45, 7) is 7.59. The fourth-order valence-corrected chi connectivity index (χ4v) is 3.51. The predicted octanol–water partition coefficient (Wildman–Crippen LogP) is 3.25. The van der Waals surface area contributed by atoms with E-state index in [0.29, 0.717) is 17.4 Å². The molecular weight excluding hydrogens is 294 g/mol. The smallest absolute Gasteiger partial charge is 0.227 e. The number of nitrogens with zero attached hydrogens (tertiary/aromatic N) is 2. The normalized spacial score (nSPS) is 17.4. The zero-order valence-corrected chi connectivity index (χ0v) is 13.7. The highest BCUT2D eigenvalue weighted by atomic mass is 35.5. The quantitative estimate of drug-likeness (QED) is 0.848. The van der Waals surface area contributed by atoms with Crippen molar-refractivity contribution < 1.29 is 4.79 Å². The number of amides is 1. The summed E-state index contributed by atoms with van der Waals surface area (Å²) in [5.41, 5.74) is 1.02. The molecule has 0 aliphatic carbocycles. The van der Waals surface area contributed by atoms with Crippen LogP contribution in [0.3, 0.4) is 0 Å². The van der Waals surface area contributed by atoms with Gasteiger partial charge in [-0.05, 0) is 38.8 Å². The molecule has 1 N–H and O–H groups in total. The number of nitrogens with one attached hydrogen (secondary N) is 1. The molecule has 4 nitrogen and oxygen atoms in total. The van der Waals surface area contributed by atoms with E-state index in [2.05, 4.69) is 22.1 Å². The van der Waals surface area contributed by atoms with Crippen LogP contribution >= 0.6 is 22.9 Å². The Kier molecular flexibility index (Phi) is 5.81. The molecule has 0 saturated carbocycles. The van der Waals surface area contributed by atoms with Crippen molar-refractivity contribution in [3.8, 4) is 0 Å². The van der Waals surface area contributed by atoms with E-state index in [1.54, 1.807) is 11.3 Å². The second-order valence-corrected chi connectivity index (χ2v) is 6.94. The van der Waals surface area contributed by atoms with Gasteiger partial charge < -0.3 is 5.32 Å². The lowest BCUT2D eigenvalue weighted by Gasteiger charge is -2.29. The number of carbonyl (C=O) groups excluding carboxylic acids is 1. The molecule has 20 heavy (non-hydrogen) atoms. The van der Waals surface area contributed by atoms with Gasteiger partial charge in [-0.15, -0.1) is 22.9 Å². The van der Waals surface area contributed by atoms with Crippen LogP contribution < -0.4 is 5.32 Å². The van der Waals surface area contributed by atoms with Gasteiger partial charge in [0.2, 0.25) is 5.91 Å². The lowest BCUT2D eigenvalue weighted by Crippen LogP contribution is -2.32. The number of aromatic nitrogens is 1. The van der Waals surface area contributed by atoms with Crippen LogP contribution in [0.25, 0.3) is 0 Å². The van der Waals surface area contributed by atoms with Crippen LogP contribution in [0.15, 0.2) is 0 Å². The molecule has 0 bridgehead atoms. The van der Waals surface area contributed by atoms with E-state index in [1.165, 1.54) is 17.7 Å². The first-order valence-electron chi connectivity index (χ1n) is 7.13. The molecule has 2 heterocycles. The molecule has 2 rings (SSSR count). The Hall–Kier alpha value is -0.650. The Morgan fingerprint density at radius 3 is 2.85 bits per heavy atom. The molecule has 0 spiro atoms. The lowest BCUT2D eigenvalue weighted by molar-refractivity contribution is -0.115. The summed E-state index contributed by atoms with van der Waals surface area (Å²) in [6.07, 6.45) is 2.88. The molecular formula is C14H22ClN3OS. The summed E-state index contributed by atoms with van der Waals surface area (Å²) >= 11 is 7.14. The first kappa shape index (κ1) is 15.7. The Balaban J connectivity index is 1.92. The van der Waals surface area contributed by atoms with Gasteiger partial charge in [-0.1, -0.05) is 6.92 Å². The van der Waals surface area contributed by atoms with Gasteiger partial charge in [0.15, 0.2) is 5.13 Å². The standard InChI is InChI=1S/C14H22ClN3OS/c1-10-4-7-18(8-5-10)9-12-11(2)16-14(20-12)17-13(19)3-6-15/h10H,3-9H2,1-2H3,(H,16,17,19). The highest BCUT2D eigenvalue weighted by molar-refractivity contribution is 7.15. The Labute approximate surface area is 129 Å². The number of thiazole rings is 1. The fourth-order valence-electron chi connectivity index (χ4n) is 2.32. The van der Waals surface area contributed by atoms with E-state index in [-0.39, 0.29) is 5.91 Å². The zero-order valence-electron chi connectivity index (χ0n) is 12.1. The summed E-state index contributed by atoms with van der Waals surface area (Å²) < 4.78 is 0. The minimum Gasteiger partial charge on any atom is -0.302 e. The van der Waals surface area contributed by atoms with Crippen molar-refractivity contribution in [3.63, 3.8) is 0 Å². The summed E-state index contributed by atoms with van der Waals surface area (Å²) in [7, 11) is 0. The number of hydrogen-bond acceptors (Lipinski definition) is 4. The third-order valence-corrected chi connectivity index (χ3v) is 4.95. The van der Waals surface area contributed by atoms with Gasteiger partial charge in [0.05, 0.1) is 5.69 Å². The first-order valence-corrected chi connectivity index (χ1v) is 8.48. The number of anilines is 1. The molecule has 1 aromatic heterocycles. The molecule has 112 valence electrons. The minimum atomic E-state index is -0.0629. The van der Waals surface area contributed by atoms with Crippen molar-refractivity contribution in [2.45, 2.75) is 39.7 Å². The number of alkyl halides is 1. The molecule has 1 aromatic rings. The topological polar surface area (TPSA) is 45.2 Å². The van der Waals surface area contributed by atoms with E-state index in [1.807, 2.05) is 6.92 Å². The summed E-state index contributed by atoms with van der Waals surface area (Å²) in [5, 5.41) is 3.51. The fraction of sp³-hybridized carbons (Fsp3) is 0.714. The third kappa shape index (κ3) is 4.43. The Morgan fingerprint density at radius 2 is 2.20 bits per heavy atom. The van der Waals surface area contributed by atoms with Gasteiger partial charge in [-0.3, -0.25) is 9.69 Å². The number of hydrogen-bond donors (Lipinski definition) is 1.